The van der Waals surface area contributed by atoms with Gasteiger partial charge in [-0.25, -0.2) is 4.79 Å². The predicted molar refractivity (Wildman–Crippen MR) is 117 cm³/mol. The maximum atomic E-state index is 13.1. The molecule has 1 unspecified atom stereocenters. The molecule has 0 radical (unpaired) electrons. The molecule has 2 N–H and O–H groups in total. The van der Waals surface area contributed by atoms with Crippen molar-refractivity contribution in [2.24, 2.45) is 0 Å². The van der Waals surface area contributed by atoms with E-state index in [2.05, 4.69) is 5.32 Å². The molecule has 0 spiro atoms. The largest absolute Gasteiger partial charge is 0.481 e. The summed E-state index contributed by atoms with van der Waals surface area (Å²) in [7, 11) is 0. The van der Waals surface area contributed by atoms with Gasteiger partial charge in [0.05, 0.1) is 12.0 Å². The third-order valence-corrected chi connectivity index (χ3v) is 4.93. The highest BCUT2D eigenvalue weighted by molar-refractivity contribution is 5.93. The molecule has 0 bridgehead atoms. The molecule has 1 heterocycles. The molecular formula is C24H28N2O5. The van der Waals surface area contributed by atoms with Crippen molar-refractivity contribution in [3.63, 3.8) is 0 Å². The van der Waals surface area contributed by atoms with Gasteiger partial charge in [0.15, 0.2) is 0 Å². The first kappa shape index (κ1) is 22.3. The third kappa shape index (κ3) is 6.07. The van der Waals surface area contributed by atoms with E-state index in [1.807, 2.05) is 30.3 Å². The molecule has 1 atom stereocenters. The minimum Gasteiger partial charge on any atom is -0.481 e. The van der Waals surface area contributed by atoms with Gasteiger partial charge in [0, 0.05) is 18.8 Å². The number of esters is 1. The summed E-state index contributed by atoms with van der Waals surface area (Å²) >= 11 is 0. The molecule has 0 saturated carbocycles. The first-order valence-electron chi connectivity index (χ1n) is 10.3. The molecule has 0 saturated heterocycles. The second-order valence-corrected chi connectivity index (χ2v) is 8.66. The maximum Gasteiger partial charge on any atom is 0.338 e. The van der Waals surface area contributed by atoms with E-state index in [0.29, 0.717) is 24.2 Å². The summed E-state index contributed by atoms with van der Waals surface area (Å²) in [6.07, 6.45) is 0.321. The number of nitrogens with one attached hydrogen (secondary N) is 1. The van der Waals surface area contributed by atoms with E-state index in [4.69, 9.17) is 4.74 Å². The molecule has 1 aliphatic heterocycles. The smallest absolute Gasteiger partial charge is 0.338 e. The average molecular weight is 424 g/mol. The standard InChI is InChI=1S/C24H28N2O5/c1-24(2,3)31-23(30)17-9-10-19-18(13-17)15-26(12-11-16-7-5-4-6-8-16)22(29)20(25-19)14-21(27)28/h4-10,13,20,25H,11-12,14-15H2,1-3H3,(H,27,28). The van der Waals surface area contributed by atoms with Crippen molar-refractivity contribution in [3.05, 3.63) is 65.2 Å². The van der Waals surface area contributed by atoms with Gasteiger partial charge in [-0.15, -0.1) is 0 Å². The molecule has 7 heteroatoms. The van der Waals surface area contributed by atoms with Crippen LogP contribution in [0, 0.1) is 0 Å². The lowest BCUT2D eigenvalue weighted by Gasteiger charge is -2.24. The summed E-state index contributed by atoms with van der Waals surface area (Å²) < 4.78 is 5.46. The van der Waals surface area contributed by atoms with Crippen molar-refractivity contribution in [3.8, 4) is 0 Å². The Hall–Kier alpha value is -3.35. The van der Waals surface area contributed by atoms with Crippen molar-refractivity contribution in [1.29, 1.82) is 0 Å². The van der Waals surface area contributed by atoms with E-state index < -0.39 is 23.6 Å². The number of carboxylic acid groups (broad SMARTS) is 1. The van der Waals surface area contributed by atoms with Crippen molar-refractivity contribution < 1.29 is 24.2 Å². The topological polar surface area (TPSA) is 95.9 Å². The van der Waals surface area contributed by atoms with Crippen LogP contribution in [0.25, 0.3) is 0 Å². The van der Waals surface area contributed by atoms with Gasteiger partial charge in [0.2, 0.25) is 5.91 Å². The summed E-state index contributed by atoms with van der Waals surface area (Å²) in [5, 5.41) is 12.3. The second-order valence-electron chi connectivity index (χ2n) is 8.66. The molecule has 3 rings (SSSR count). The van der Waals surface area contributed by atoms with E-state index in [9.17, 15) is 19.5 Å². The summed E-state index contributed by atoms with van der Waals surface area (Å²) in [6.45, 7) is 6.13. The van der Waals surface area contributed by atoms with Crippen LogP contribution in [-0.4, -0.2) is 46.0 Å². The quantitative estimate of drug-likeness (QED) is 0.690. The Morgan fingerprint density at radius 1 is 1.16 bits per heavy atom. The van der Waals surface area contributed by atoms with Gasteiger partial charge < -0.3 is 20.1 Å². The molecule has 31 heavy (non-hydrogen) atoms. The summed E-state index contributed by atoms with van der Waals surface area (Å²) in [5.74, 6) is -1.76. The van der Waals surface area contributed by atoms with Crippen LogP contribution < -0.4 is 5.32 Å². The van der Waals surface area contributed by atoms with E-state index in [-0.39, 0.29) is 18.9 Å². The number of anilines is 1. The van der Waals surface area contributed by atoms with Crippen molar-refractivity contribution in [2.75, 3.05) is 11.9 Å². The number of nitrogens with zero attached hydrogens (tertiary/aromatic N) is 1. The van der Waals surface area contributed by atoms with E-state index >= 15 is 0 Å². The minimum absolute atomic E-state index is 0.270. The van der Waals surface area contributed by atoms with Gasteiger partial charge in [-0.3, -0.25) is 9.59 Å². The molecule has 1 amide bonds. The van der Waals surface area contributed by atoms with E-state index in [1.165, 1.54) is 0 Å². The van der Waals surface area contributed by atoms with Gasteiger partial charge in [-0.2, -0.15) is 0 Å². The van der Waals surface area contributed by atoms with Crippen LogP contribution in [-0.2, 0) is 27.3 Å². The molecule has 0 fully saturated rings. The van der Waals surface area contributed by atoms with E-state index in [0.717, 1.165) is 11.1 Å². The number of benzene rings is 2. The van der Waals surface area contributed by atoms with Crippen LogP contribution in [0.1, 0.15) is 48.7 Å². The maximum absolute atomic E-state index is 13.1. The Labute approximate surface area is 182 Å². The third-order valence-electron chi connectivity index (χ3n) is 4.93. The Morgan fingerprint density at radius 3 is 2.52 bits per heavy atom. The first-order chi connectivity index (χ1) is 14.6. The highest BCUT2D eigenvalue weighted by Crippen LogP contribution is 2.26. The lowest BCUT2D eigenvalue weighted by molar-refractivity contribution is -0.141. The summed E-state index contributed by atoms with van der Waals surface area (Å²) in [6, 6.07) is 14.0. The number of rotatable bonds is 6. The van der Waals surface area contributed by atoms with Gasteiger partial charge in [0.25, 0.3) is 0 Å². The second kappa shape index (κ2) is 9.20. The Morgan fingerprint density at radius 2 is 1.87 bits per heavy atom. The summed E-state index contributed by atoms with van der Waals surface area (Å²) in [5.41, 5.74) is 2.26. The van der Waals surface area contributed by atoms with Crippen LogP contribution in [0.15, 0.2) is 48.5 Å². The fourth-order valence-corrected chi connectivity index (χ4v) is 3.49. The number of ether oxygens (including phenoxy) is 1. The Bertz CT molecular complexity index is 966. The predicted octanol–water partition coefficient (Wildman–Crippen LogP) is 3.48. The van der Waals surface area contributed by atoms with Crippen molar-refractivity contribution in [1.82, 2.24) is 4.90 Å². The van der Waals surface area contributed by atoms with Crippen LogP contribution in [0.2, 0.25) is 0 Å². The van der Waals surface area contributed by atoms with Gasteiger partial charge in [-0.05, 0) is 56.5 Å². The number of hydrogen-bond donors (Lipinski definition) is 2. The number of aliphatic carboxylic acids is 1. The number of carbonyl (C=O) groups excluding carboxylic acids is 2. The fourth-order valence-electron chi connectivity index (χ4n) is 3.49. The molecule has 2 aromatic rings. The molecule has 0 aliphatic carbocycles. The Balaban J connectivity index is 1.87. The average Bonchev–Trinajstić information content (AvgIpc) is 2.82. The molecule has 1 aliphatic rings. The van der Waals surface area contributed by atoms with Crippen LogP contribution in [0.5, 0.6) is 0 Å². The zero-order valence-electron chi connectivity index (χ0n) is 18.1. The van der Waals surface area contributed by atoms with E-state index in [1.54, 1.807) is 43.9 Å². The van der Waals surface area contributed by atoms with Gasteiger partial charge >= 0.3 is 11.9 Å². The van der Waals surface area contributed by atoms with Gasteiger partial charge in [-0.1, -0.05) is 30.3 Å². The lowest BCUT2D eigenvalue weighted by atomic mass is 10.1. The zero-order chi connectivity index (χ0) is 22.6. The lowest BCUT2D eigenvalue weighted by Crippen LogP contribution is -2.42. The molecule has 0 aromatic heterocycles. The molecule has 164 valence electrons. The van der Waals surface area contributed by atoms with Crippen LogP contribution in [0.4, 0.5) is 5.69 Å². The number of carboxylic acids is 1. The molecule has 2 aromatic carbocycles. The number of carbonyl (C=O) groups is 3. The number of fused-ring (bicyclic) bond motifs is 1. The molecule has 7 nitrogen and oxygen atoms in total. The minimum atomic E-state index is -1.05. The van der Waals surface area contributed by atoms with Crippen LogP contribution in [0.3, 0.4) is 0 Å². The van der Waals surface area contributed by atoms with Gasteiger partial charge in [0.1, 0.15) is 11.6 Å². The van der Waals surface area contributed by atoms with Crippen molar-refractivity contribution in [2.45, 2.75) is 51.8 Å². The Kier molecular flexibility index (Phi) is 6.63. The fraction of sp³-hybridized carbons (Fsp3) is 0.375. The summed E-state index contributed by atoms with van der Waals surface area (Å²) in [4.78, 5) is 38.6. The highest BCUT2D eigenvalue weighted by atomic mass is 16.6. The zero-order valence-corrected chi connectivity index (χ0v) is 18.1. The highest BCUT2D eigenvalue weighted by Gasteiger charge is 2.31. The van der Waals surface area contributed by atoms with Crippen LogP contribution >= 0.6 is 0 Å². The van der Waals surface area contributed by atoms with Crippen molar-refractivity contribution >= 4 is 23.5 Å². The SMILES string of the molecule is CC(C)(C)OC(=O)c1ccc2c(c1)CN(CCc1ccccc1)C(=O)C(CC(=O)O)N2. The normalized spacial score (nSPS) is 16.2. The monoisotopic (exact) mass is 424 g/mol. The number of hydrogen-bond acceptors (Lipinski definition) is 5. The first-order valence-corrected chi connectivity index (χ1v) is 10.3. The molecular weight excluding hydrogens is 396 g/mol. The number of amides is 1.